The molecule has 0 aliphatic rings. The number of hydrogen-bond donors (Lipinski definition) is 0. The van der Waals surface area contributed by atoms with Crippen molar-refractivity contribution in [2.75, 3.05) is 0 Å². The molecule has 0 fully saturated rings. The number of carbonyl (C=O) groups excluding carboxylic acids is 1. The Bertz CT molecular complexity index is 474. The first kappa shape index (κ1) is 7.85. The van der Waals surface area contributed by atoms with Crippen LogP contribution in [0.2, 0.25) is 0 Å². The van der Waals surface area contributed by atoms with E-state index >= 15 is 0 Å². The highest BCUT2D eigenvalue weighted by Crippen LogP contribution is 2.07. The monoisotopic (exact) mass is 176 g/mol. The predicted octanol–water partition coefficient (Wildman–Crippen LogP) is 0.554. The minimum absolute atomic E-state index is 0.238. The van der Waals surface area contributed by atoms with Gasteiger partial charge in [0.1, 0.15) is 0 Å². The molecule has 66 valence electrons. The van der Waals surface area contributed by atoms with Crippen LogP contribution in [0.5, 0.6) is 0 Å². The maximum absolute atomic E-state index is 10.5. The van der Waals surface area contributed by atoms with Crippen LogP contribution >= 0.6 is 0 Å². The quantitative estimate of drug-likeness (QED) is 0.595. The molecule has 0 N–H and O–H groups in total. The first-order chi connectivity index (χ1) is 6.22. The van der Waals surface area contributed by atoms with Crippen LogP contribution in [0.4, 0.5) is 0 Å². The van der Waals surface area contributed by atoms with Crippen molar-refractivity contribution >= 4 is 11.9 Å². The third-order valence-corrected chi connectivity index (χ3v) is 1.81. The Labute approximate surface area is 74.4 Å². The molecule has 0 aliphatic heterocycles. The van der Waals surface area contributed by atoms with E-state index in [2.05, 4.69) is 15.3 Å². The summed E-state index contributed by atoms with van der Waals surface area (Å²) >= 11 is 0. The summed E-state index contributed by atoms with van der Waals surface area (Å²) in [6.45, 7) is 3.77. The molecule has 0 saturated heterocycles. The van der Waals surface area contributed by atoms with E-state index in [9.17, 15) is 4.79 Å². The molecule has 0 aliphatic carbocycles. The number of hydrogen-bond acceptors (Lipinski definition) is 4. The lowest BCUT2D eigenvalue weighted by Gasteiger charge is -1.97. The highest BCUT2D eigenvalue weighted by Gasteiger charge is 2.07. The van der Waals surface area contributed by atoms with Crippen molar-refractivity contribution in [1.82, 2.24) is 19.8 Å². The van der Waals surface area contributed by atoms with Crippen molar-refractivity contribution in [3.63, 3.8) is 0 Å². The first-order valence-corrected chi connectivity index (χ1v) is 3.87. The van der Waals surface area contributed by atoms with Crippen LogP contribution in [0.25, 0.3) is 5.65 Å². The van der Waals surface area contributed by atoms with Gasteiger partial charge in [0, 0.05) is 0 Å². The smallest absolute Gasteiger partial charge is 0.217 e. The normalized spacial score (nSPS) is 10.6. The van der Waals surface area contributed by atoms with Gasteiger partial charge in [-0.25, -0.2) is 0 Å². The summed E-state index contributed by atoms with van der Waals surface area (Å²) in [5.74, 6) is 0.238. The molecule has 2 rings (SSSR count). The second kappa shape index (κ2) is 2.62. The molecule has 0 atom stereocenters. The molecular formula is C8H8N4O. The summed E-state index contributed by atoms with van der Waals surface area (Å²) in [4.78, 5) is 10.5. The van der Waals surface area contributed by atoms with Crippen molar-refractivity contribution in [3.05, 3.63) is 23.1 Å². The van der Waals surface area contributed by atoms with E-state index in [0.717, 1.165) is 11.3 Å². The number of aldehydes is 1. The summed E-state index contributed by atoms with van der Waals surface area (Å²) in [6.07, 6.45) is 0.645. The van der Waals surface area contributed by atoms with E-state index in [-0.39, 0.29) is 5.82 Å². The van der Waals surface area contributed by atoms with Crippen molar-refractivity contribution < 1.29 is 4.79 Å². The largest absolute Gasteiger partial charge is 0.294 e. The molecule has 5 nitrogen and oxygen atoms in total. The van der Waals surface area contributed by atoms with E-state index in [1.807, 2.05) is 19.9 Å². The molecular weight excluding hydrogens is 168 g/mol. The third-order valence-electron chi connectivity index (χ3n) is 1.81. The molecule has 2 heterocycles. The molecule has 0 spiro atoms. The molecule has 0 bridgehead atoms. The summed E-state index contributed by atoms with van der Waals surface area (Å²) in [6, 6.07) is 1.90. The second-order valence-electron chi connectivity index (χ2n) is 2.88. The number of fused-ring (bicyclic) bond motifs is 1. The number of aromatic nitrogens is 4. The summed E-state index contributed by atoms with van der Waals surface area (Å²) in [7, 11) is 0. The topological polar surface area (TPSA) is 60.2 Å². The van der Waals surface area contributed by atoms with Crippen LogP contribution in [0.3, 0.4) is 0 Å². The minimum atomic E-state index is 0.238. The standard InChI is InChI=1S/C8H8N4O/c1-5-3-6(2)11-12-7(4-13)9-10-8(5)12/h3-4H,1-2H3. The molecule has 5 heteroatoms. The average molecular weight is 176 g/mol. The highest BCUT2D eigenvalue weighted by atomic mass is 16.1. The maximum Gasteiger partial charge on any atom is 0.217 e. The third kappa shape index (κ3) is 1.09. The summed E-state index contributed by atoms with van der Waals surface area (Å²) in [5, 5.41) is 11.7. The van der Waals surface area contributed by atoms with Gasteiger partial charge in [-0.2, -0.15) is 9.61 Å². The van der Waals surface area contributed by atoms with Gasteiger partial charge in [-0.3, -0.25) is 4.79 Å². The van der Waals surface area contributed by atoms with E-state index in [1.165, 1.54) is 4.52 Å². The number of nitrogens with zero attached hydrogens (tertiary/aromatic N) is 4. The first-order valence-electron chi connectivity index (χ1n) is 3.87. The molecule has 0 aromatic carbocycles. The van der Waals surface area contributed by atoms with Crippen LogP contribution in [-0.2, 0) is 0 Å². The SMILES string of the molecule is Cc1cc(C)c2nnc(C=O)n2n1. The van der Waals surface area contributed by atoms with Gasteiger partial charge in [0.05, 0.1) is 5.69 Å². The fourth-order valence-corrected chi connectivity index (χ4v) is 1.27. The molecule has 2 aromatic rings. The molecule has 2 aromatic heterocycles. The van der Waals surface area contributed by atoms with Gasteiger partial charge in [0.2, 0.25) is 5.82 Å². The van der Waals surface area contributed by atoms with Crippen LogP contribution in [0, 0.1) is 13.8 Å². The number of rotatable bonds is 1. The Morgan fingerprint density at radius 1 is 1.38 bits per heavy atom. The zero-order valence-corrected chi connectivity index (χ0v) is 7.35. The van der Waals surface area contributed by atoms with Gasteiger partial charge < -0.3 is 0 Å². The van der Waals surface area contributed by atoms with Crippen molar-refractivity contribution in [3.8, 4) is 0 Å². The van der Waals surface area contributed by atoms with Gasteiger partial charge in [0.15, 0.2) is 11.9 Å². The van der Waals surface area contributed by atoms with Crippen molar-refractivity contribution in [2.45, 2.75) is 13.8 Å². The molecule has 0 saturated carbocycles. The highest BCUT2D eigenvalue weighted by molar-refractivity contribution is 5.70. The lowest BCUT2D eigenvalue weighted by molar-refractivity contribution is 0.111. The molecule has 0 unspecified atom stereocenters. The molecule has 0 amide bonds. The van der Waals surface area contributed by atoms with E-state index < -0.39 is 0 Å². The average Bonchev–Trinajstić information content (AvgIpc) is 2.47. The van der Waals surface area contributed by atoms with Gasteiger partial charge in [0.25, 0.3) is 0 Å². The summed E-state index contributed by atoms with van der Waals surface area (Å²) < 4.78 is 1.46. The van der Waals surface area contributed by atoms with Crippen LogP contribution in [0.15, 0.2) is 6.07 Å². The number of carbonyl (C=O) groups is 1. The lowest BCUT2D eigenvalue weighted by Crippen LogP contribution is -2.00. The zero-order chi connectivity index (χ0) is 9.42. The Kier molecular flexibility index (Phi) is 1.58. The number of aryl methyl sites for hydroxylation is 2. The summed E-state index contributed by atoms with van der Waals surface area (Å²) in [5.41, 5.74) is 2.44. The lowest BCUT2D eigenvalue weighted by atomic mass is 10.3. The van der Waals surface area contributed by atoms with Crippen molar-refractivity contribution in [1.29, 1.82) is 0 Å². The minimum Gasteiger partial charge on any atom is -0.294 e. The predicted molar refractivity (Wildman–Crippen MR) is 45.6 cm³/mol. The van der Waals surface area contributed by atoms with Crippen LogP contribution in [0.1, 0.15) is 21.9 Å². The van der Waals surface area contributed by atoms with Crippen LogP contribution < -0.4 is 0 Å². The van der Waals surface area contributed by atoms with Gasteiger partial charge in [-0.05, 0) is 25.5 Å². The Morgan fingerprint density at radius 3 is 2.85 bits per heavy atom. The Balaban J connectivity index is 2.89. The fraction of sp³-hybridized carbons (Fsp3) is 0.250. The van der Waals surface area contributed by atoms with E-state index in [4.69, 9.17) is 0 Å². The van der Waals surface area contributed by atoms with Gasteiger partial charge in [-0.1, -0.05) is 0 Å². The zero-order valence-electron chi connectivity index (χ0n) is 7.35. The van der Waals surface area contributed by atoms with Crippen molar-refractivity contribution in [2.24, 2.45) is 0 Å². The molecule has 13 heavy (non-hydrogen) atoms. The van der Waals surface area contributed by atoms with Gasteiger partial charge >= 0.3 is 0 Å². The Morgan fingerprint density at radius 2 is 2.15 bits per heavy atom. The van der Waals surface area contributed by atoms with Crippen LogP contribution in [-0.4, -0.2) is 26.1 Å². The fourth-order valence-electron chi connectivity index (χ4n) is 1.27. The van der Waals surface area contributed by atoms with E-state index in [0.29, 0.717) is 11.9 Å². The van der Waals surface area contributed by atoms with E-state index in [1.54, 1.807) is 0 Å². The second-order valence-corrected chi connectivity index (χ2v) is 2.88. The Hall–Kier alpha value is -1.78. The maximum atomic E-state index is 10.5. The molecule has 0 radical (unpaired) electrons. The van der Waals surface area contributed by atoms with Gasteiger partial charge in [-0.15, -0.1) is 10.2 Å².